The zero-order valence-electron chi connectivity index (χ0n) is 15.3. The summed E-state index contributed by atoms with van der Waals surface area (Å²) in [6, 6.07) is 11.0. The molecular weight excluding hydrogens is 350 g/mol. The van der Waals surface area contributed by atoms with Gasteiger partial charge in [-0.3, -0.25) is 25.2 Å². The molecule has 27 heavy (non-hydrogen) atoms. The number of carbonyl (C=O) groups excluding carboxylic acids is 3. The maximum Gasteiger partial charge on any atom is 0.269 e. The molecule has 142 valence electrons. The van der Waals surface area contributed by atoms with E-state index >= 15 is 0 Å². The number of nitrogens with one attached hydrogen (secondary N) is 3. The molecule has 0 aromatic heterocycles. The lowest BCUT2D eigenvalue weighted by Crippen LogP contribution is -2.41. The van der Waals surface area contributed by atoms with Gasteiger partial charge in [0.15, 0.2) is 11.5 Å². The third-order valence-corrected chi connectivity index (χ3v) is 3.46. The summed E-state index contributed by atoms with van der Waals surface area (Å²) in [6.07, 6.45) is 0. The van der Waals surface area contributed by atoms with Crippen molar-refractivity contribution in [1.29, 1.82) is 0 Å². The van der Waals surface area contributed by atoms with Gasteiger partial charge in [-0.25, -0.2) is 0 Å². The molecule has 0 aliphatic carbocycles. The topological polar surface area (TPSA) is 106 Å². The van der Waals surface area contributed by atoms with E-state index in [4.69, 9.17) is 9.47 Å². The molecule has 3 N–H and O–H groups in total. The second-order valence-corrected chi connectivity index (χ2v) is 5.47. The third kappa shape index (κ3) is 5.46. The van der Waals surface area contributed by atoms with Crippen LogP contribution in [0.5, 0.6) is 11.5 Å². The van der Waals surface area contributed by atoms with Crippen molar-refractivity contribution < 1.29 is 23.9 Å². The van der Waals surface area contributed by atoms with Gasteiger partial charge in [-0.05, 0) is 43.3 Å². The van der Waals surface area contributed by atoms with E-state index in [1.54, 1.807) is 30.3 Å². The molecule has 0 spiro atoms. The fourth-order valence-corrected chi connectivity index (χ4v) is 2.28. The smallest absolute Gasteiger partial charge is 0.269 e. The standard InChI is InChI=1S/C19H21N3O5/c1-4-27-16-9-8-14(11-17(16)26-3)19(25)22-21-18(24)13-6-5-7-15(10-13)20-12(2)23/h5-11H,4H2,1-3H3,(H,20,23)(H,21,24)(H,22,25). The van der Waals surface area contributed by atoms with Crippen molar-refractivity contribution in [1.82, 2.24) is 10.9 Å². The largest absolute Gasteiger partial charge is 0.493 e. The lowest BCUT2D eigenvalue weighted by molar-refractivity contribution is -0.114. The molecule has 0 fully saturated rings. The molecule has 0 bridgehead atoms. The lowest BCUT2D eigenvalue weighted by atomic mass is 10.2. The van der Waals surface area contributed by atoms with Crippen LogP contribution in [-0.2, 0) is 4.79 Å². The first kappa shape index (κ1) is 19.8. The molecule has 3 amide bonds. The Bertz CT molecular complexity index is 851. The van der Waals surface area contributed by atoms with Crippen LogP contribution < -0.4 is 25.6 Å². The average Bonchev–Trinajstić information content (AvgIpc) is 2.66. The molecule has 2 aromatic rings. The van der Waals surface area contributed by atoms with Crippen molar-refractivity contribution in [3.63, 3.8) is 0 Å². The molecule has 0 heterocycles. The van der Waals surface area contributed by atoms with Crippen molar-refractivity contribution in [2.75, 3.05) is 19.0 Å². The Labute approximate surface area is 156 Å². The van der Waals surface area contributed by atoms with Crippen LogP contribution >= 0.6 is 0 Å². The molecule has 0 saturated heterocycles. The Morgan fingerprint density at radius 3 is 2.19 bits per heavy atom. The zero-order chi connectivity index (χ0) is 19.8. The van der Waals surface area contributed by atoms with Gasteiger partial charge in [0.2, 0.25) is 5.91 Å². The number of hydrogen-bond acceptors (Lipinski definition) is 5. The van der Waals surface area contributed by atoms with Gasteiger partial charge in [0, 0.05) is 23.7 Å². The molecule has 8 heteroatoms. The SMILES string of the molecule is CCOc1ccc(C(=O)NNC(=O)c2cccc(NC(C)=O)c2)cc1OC. The molecular formula is C19H21N3O5. The van der Waals surface area contributed by atoms with Gasteiger partial charge in [-0.2, -0.15) is 0 Å². The summed E-state index contributed by atoms with van der Waals surface area (Å²) < 4.78 is 10.6. The van der Waals surface area contributed by atoms with Crippen molar-refractivity contribution >= 4 is 23.4 Å². The quantitative estimate of drug-likeness (QED) is 0.675. The van der Waals surface area contributed by atoms with E-state index in [-0.39, 0.29) is 11.5 Å². The number of methoxy groups -OCH3 is 1. The molecule has 0 unspecified atom stereocenters. The van der Waals surface area contributed by atoms with Crippen LogP contribution in [0.3, 0.4) is 0 Å². The summed E-state index contributed by atoms with van der Waals surface area (Å²) in [5.41, 5.74) is 5.73. The minimum atomic E-state index is -0.520. The zero-order valence-corrected chi connectivity index (χ0v) is 15.3. The number of anilines is 1. The second kappa shape index (κ2) is 9.23. The first-order valence-corrected chi connectivity index (χ1v) is 8.23. The predicted octanol–water partition coefficient (Wildman–Crippen LogP) is 2.13. The van der Waals surface area contributed by atoms with Crippen LogP contribution in [0.4, 0.5) is 5.69 Å². The van der Waals surface area contributed by atoms with E-state index in [1.807, 2.05) is 6.92 Å². The third-order valence-electron chi connectivity index (χ3n) is 3.46. The summed E-state index contributed by atoms with van der Waals surface area (Å²) >= 11 is 0. The number of ether oxygens (including phenoxy) is 2. The van der Waals surface area contributed by atoms with Crippen LogP contribution in [-0.4, -0.2) is 31.4 Å². The number of hydrazine groups is 1. The van der Waals surface area contributed by atoms with Crippen LogP contribution in [0.15, 0.2) is 42.5 Å². The first-order valence-electron chi connectivity index (χ1n) is 8.23. The lowest BCUT2D eigenvalue weighted by Gasteiger charge is -2.12. The maximum atomic E-state index is 12.3. The highest BCUT2D eigenvalue weighted by atomic mass is 16.5. The van der Waals surface area contributed by atoms with Gasteiger partial charge in [0.25, 0.3) is 11.8 Å². The monoisotopic (exact) mass is 371 g/mol. The number of amides is 3. The van der Waals surface area contributed by atoms with E-state index in [9.17, 15) is 14.4 Å². The Hall–Kier alpha value is -3.55. The average molecular weight is 371 g/mol. The second-order valence-electron chi connectivity index (χ2n) is 5.47. The van der Waals surface area contributed by atoms with Crippen molar-refractivity contribution in [3.8, 4) is 11.5 Å². The molecule has 8 nitrogen and oxygen atoms in total. The van der Waals surface area contributed by atoms with Crippen molar-refractivity contribution in [2.24, 2.45) is 0 Å². The number of benzene rings is 2. The number of rotatable bonds is 6. The minimum Gasteiger partial charge on any atom is -0.493 e. The highest BCUT2D eigenvalue weighted by Crippen LogP contribution is 2.27. The summed E-state index contributed by atoms with van der Waals surface area (Å²) in [5, 5.41) is 2.59. The van der Waals surface area contributed by atoms with Crippen LogP contribution in [0.2, 0.25) is 0 Å². The molecule has 0 saturated carbocycles. The summed E-state index contributed by atoms with van der Waals surface area (Å²) in [7, 11) is 1.48. The highest BCUT2D eigenvalue weighted by Gasteiger charge is 2.13. The van der Waals surface area contributed by atoms with E-state index in [0.717, 1.165) is 0 Å². The van der Waals surface area contributed by atoms with Gasteiger partial charge in [-0.1, -0.05) is 6.07 Å². The normalized spacial score (nSPS) is 9.89. The van der Waals surface area contributed by atoms with Crippen LogP contribution in [0.25, 0.3) is 0 Å². The highest BCUT2D eigenvalue weighted by molar-refractivity contribution is 6.00. The van der Waals surface area contributed by atoms with Gasteiger partial charge < -0.3 is 14.8 Å². The predicted molar refractivity (Wildman–Crippen MR) is 99.8 cm³/mol. The van der Waals surface area contributed by atoms with Gasteiger partial charge in [0.05, 0.1) is 13.7 Å². The van der Waals surface area contributed by atoms with Gasteiger partial charge in [0.1, 0.15) is 0 Å². The van der Waals surface area contributed by atoms with Crippen molar-refractivity contribution in [2.45, 2.75) is 13.8 Å². The van der Waals surface area contributed by atoms with E-state index in [2.05, 4.69) is 16.2 Å². The maximum absolute atomic E-state index is 12.3. The number of hydrogen-bond donors (Lipinski definition) is 3. The Morgan fingerprint density at radius 2 is 1.59 bits per heavy atom. The van der Waals surface area contributed by atoms with Crippen LogP contribution in [0.1, 0.15) is 34.6 Å². The first-order chi connectivity index (χ1) is 12.9. The molecule has 2 rings (SSSR count). The fourth-order valence-electron chi connectivity index (χ4n) is 2.28. The van der Waals surface area contributed by atoms with E-state index < -0.39 is 11.8 Å². The number of carbonyl (C=O) groups is 3. The Balaban J connectivity index is 2.02. The molecule has 0 aliphatic heterocycles. The molecule has 0 radical (unpaired) electrons. The Morgan fingerprint density at radius 1 is 0.926 bits per heavy atom. The fraction of sp³-hybridized carbons (Fsp3) is 0.211. The van der Waals surface area contributed by atoms with E-state index in [0.29, 0.717) is 29.4 Å². The summed E-state index contributed by atoms with van der Waals surface area (Å²) in [6.45, 7) is 3.68. The molecule has 0 atom stereocenters. The van der Waals surface area contributed by atoms with E-state index in [1.165, 1.54) is 26.2 Å². The molecule has 0 aliphatic rings. The summed E-state index contributed by atoms with van der Waals surface area (Å²) in [4.78, 5) is 35.5. The van der Waals surface area contributed by atoms with Crippen molar-refractivity contribution in [3.05, 3.63) is 53.6 Å². The van der Waals surface area contributed by atoms with Gasteiger partial charge >= 0.3 is 0 Å². The van der Waals surface area contributed by atoms with Crippen LogP contribution in [0, 0.1) is 0 Å². The molecule has 2 aromatic carbocycles. The van der Waals surface area contributed by atoms with Gasteiger partial charge in [-0.15, -0.1) is 0 Å². The Kier molecular flexibility index (Phi) is 6.76. The minimum absolute atomic E-state index is 0.245. The summed E-state index contributed by atoms with van der Waals surface area (Å²) in [5.74, 6) is -0.337.